The van der Waals surface area contributed by atoms with Crippen LogP contribution in [-0.2, 0) is 14.8 Å². The van der Waals surface area contributed by atoms with E-state index in [9.17, 15) is 22.0 Å². The molecule has 110 valence electrons. The molecule has 1 aromatic rings. The Labute approximate surface area is 115 Å². The van der Waals surface area contributed by atoms with Crippen LogP contribution < -0.4 is 10.5 Å². The number of sulfonamides is 1. The van der Waals surface area contributed by atoms with Crippen LogP contribution in [0.1, 0.15) is 17.9 Å². The standard InChI is InChI=1S/C12H14F2N2O3S/c13-7-1-2-11(14)9(5-7)8-6-10(8)12(17)16-3-4-20(15,18)19/h1-2,5,8,10H,3-4,6H2,(H,16,17)(H2,15,18,19). The molecule has 0 spiro atoms. The van der Waals surface area contributed by atoms with Crippen molar-refractivity contribution in [1.29, 1.82) is 0 Å². The van der Waals surface area contributed by atoms with Crippen LogP contribution in [0.5, 0.6) is 0 Å². The summed E-state index contributed by atoms with van der Waals surface area (Å²) in [4.78, 5) is 11.7. The Kier molecular flexibility index (Phi) is 4.05. The minimum absolute atomic E-state index is 0.0908. The van der Waals surface area contributed by atoms with Gasteiger partial charge in [-0.25, -0.2) is 22.3 Å². The second-order valence-corrected chi connectivity index (χ2v) is 6.51. The van der Waals surface area contributed by atoms with Crippen molar-refractivity contribution in [2.75, 3.05) is 12.3 Å². The van der Waals surface area contributed by atoms with Crippen molar-refractivity contribution in [1.82, 2.24) is 5.32 Å². The highest BCUT2D eigenvalue weighted by molar-refractivity contribution is 7.89. The first-order valence-electron chi connectivity index (χ1n) is 6.01. The largest absolute Gasteiger partial charge is 0.355 e. The van der Waals surface area contributed by atoms with Crippen LogP contribution in [0.4, 0.5) is 8.78 Å². The number of carbonyl (C=O) groups excluding carboxylic acids is 1. The highest BCUT2D eigenvalue weighted by Gasteiger charge is 2.45. The number of nitrogens with two attached hydrogens (primary N) is 1. The molecule has 1 aliphatic carbocycles. The molecule has 1 aliphatic rings. The average Bonchev–Trinajstić information content (AvgIpc) is 3.10. The van der Waals surface area contributed by atoms with E-state index in [0.717, 1.165) is 18.2 Å². The molecule has 0 heterocycles. The minimum atomic E-state index is -3.63. The fourth-order valence-electron chi connectivity index (χ4n) is 2.07. The molecule has 0 saturated heterocycles. The molecule has 1 fully saturated rings. The molecule has 1 aromatic carbocycles. The molecule has 2 rings (SSSR count). The monoisotopic (exact) mass is 304 g/mol. The SMILES string of the molecule is NS(=O)(=O)CCNC(=O)C1CC1c1cc(F)ccc1F. The van der Waals surface area contributed by atoms with E-state index in [1.54, 1.807) is 0 Å². The van der Waals surface area contributed by atoms with Gasteiger partial charge in [0.2, 0.25) is 15.9 Å². The quantitative estimate of drug-likeness (QED) is 0.829. The summed E-state index contributed by atoms with van der Waals surface area (Å²) in [6, 6.07) is 3.12. The zero-order valence-electron chi connectivity index (χ0n) is 10.5. The molecule has 1 amide bonds. The molecule has 0 radical (unpaired) electrons. The Bertz CT molecular complexity index is 634. The summed E-state index contributed by atoms with van der Waals surface area (Å²) in [5.41, 5.74) is 0.177. The third kappa shape index (κ3) is 3.73. The smallest absolute Gasteiger partial charge is 0.223 e. The summed E-state index contributed by atoms with van der Waals surface area (Å²) >= 11 is 0. The lowest BCUT2D eigenvalue weighted by Gasteiger charge is -2.05. The van der Waals surface area contributed by atoms with Crippen LogP contribution in [0.25, 0.3) is 0 Å². The molecule has 2 unspecified atom stereocenters. The molecular formula is C12H14F2N2O3S. The van der Waals surface area contributed by atoms with E-state index in [4.69, 9.17) is 5.14 Å². The summed E-state index contributed by atoms with van der Waals surface area (Å²) in [7, 11) is -3.63. The van der Waals surface area contributed by atoms with E-state index < -0.39 is 27.6 Å². The lowest BCUT2D eigenvalue weighted by Crippen LogP contribution is -2.32. The van der Waals surface area contributed by atoms with E-state index in [1.165, 1.54) is 0 Å². The highest BCUT2D eigenvalue weighted by Crippen LogP contribution is 2.48. The van der Waals surface area contributed by atoms with E-state index >= 15 is 0 Å². The van der Waals surface area contributed by atoms with Crippen LogP contribution in [-0.4, -0.2) is 26.6 Å². The highest BCUT2D eigenvalue weighted by atomic mass is 32.2. The van der Waals surface area contributed by atoms with Gasteiger partial charge in [-0.1, -0.05) is 0 Å². The second-order valence-electron chi connectivity index (χ2n) is 4.77. The van der Waals surface area contributed by atoms with Gasteiger partial charge in [-0.05, 0) is 36.1 Å². The Balaban J connectivity index is 1.91. The first-order valence-corrected chi connectivity index (χ1v) is 7.72. The van der Waals surface area contributed by atoms with Crippen molar-refractivity contribution in [3.05, 3.63) is 35.4 Å². The summed E-state index contributed by atoms with van der Waals surface area (Å²) in [6.07, 6.45) is 0.418. The molecular weight excluding hydrogens is 290 g/mol. The Morgan fingerprint density at radius 3 is 2.75 bits per heavy atom. The van der Waals surface area contributed by atoms with Crippen molar-refractivity contribution in [2.45, 2.75) is 12.3 Å². The Morgan fingerprint density at radius 2 is 2.10 bits per heavy atom. The molecule has 5 nitrogen and oxygen atoms in total. The van der Waals surface area contributed by atoms with Crippen molar-refractivity contribution < 1.29 is 22.0 Å². The molecule has 3 N–H and O–H groups in total. The Morgan fingerprint density at radius 1 is 1.40 bits per heavy atom. The number of primary sulfonamides is 1. The predicted octanol–water partition coefficient (Wildman–Crippen LogP) is 0.473. The zero-order chi connectivity index (χ0) is 14.9. The minimum Gasteiger partial charge on any atom is -0.355 e. The third-order valence-corrected chi connectivity index (χ3v) is 3.94. The number of benzene rings is 1. The van der Waals surface area contributed by atoms with Crippen molar-refractivity contribution in [3.8, 4) is 0 Å². The summed E-state index contributed by atoms with van der Waals surface area (Å²) in [6.45, 7) is -0.0908. The van der Waals surface area contributed by atoms with Gasteiger partial charge in [-0.15, -0.1) is 0 Å². The lowest BCUT2D eigenvalue weighted by atomic mass is 10.1. The van der Waals surface area contributed by atoms with Crippen LogP contribution >= 0.6 is 0 Å². The number of amides is 1. The number of hydrogen-bond acceptors (Lipinski definition) is 3. The van der Waals surface area contributed by atoms with Gasteiger partial charge in [-0.2, -0.15) is 0 Å². The molecule has 2 atom stereocenters. The normalized spacial score (nSPS) is 21.6. The molecule has 0 aliphatic heterocycles. The fraction of sp³-hybridized carbons (Fsp3) is 0.417. The molecule has 0 aromatic heterocycles. The fourth-order valence-corrected chi connectivity index (χ4v) is 2.46. The van der Waals surface area contributed by atoms with Crippen LogP contribution in [0, 0.1) is 17.6 Å². The van der Waals surface area contributed by atoms with Crippen molar-refractivity contribution in [3.63, 3.8) is 0 Å². The maximum atomic E-state index is 13.5. The van der Waals surface area contributed by atoms with Gasteiger partial charge in [0.1, 0.15) is 11.6 Å². The van der Waals surface area contributed by atoms with Gasteiger partial charge in [0.15, 0.2) is 0 Å². The van der Waals surface area contributed by atoms with Gasteiger partial charge < -0.3 is 5.32 Å². The molecule has 8 heteroatoms. The lowest BCUT2D eigenvalue weighted by molar-refractivity contribution is -0.122. The number of nitrogens with one attached hydrogen (secondary N) is 1. The van der Waals surface area contributed by atoms with E-state index in [-0.39, 0.29) is 29.7 Å². The molecule has 20 heavy (non-hydrogen) atoms. The van der Waals surface area contributed by atoms with Gasteiger partial charge >= 0.3 is 0 Å². The maximum absolute atomic E-state index is 13.5. The first kappa shape index (κ1) is 14.9. The second kappa shape index (κ2) is 5.45. The maximum Gasteiger partial charge on any atom is 0.223 e. The summed E-state index contributed by atoms with van der Waals surface area (Å²) in [5, 5.41) is 7.22. The van der Waals surface area contributed by atoms with Crippen LogP contribution in [0.15, 0.2) is 18.2 Å². The van der Waals surface area contributed by atoms with Crippen molar-refractivity contribution in [2.24, 2.45) is 11.1 Å². The number of rotatable bonds is 5. The van der Waals surface area contributed by atoms with E-state index in [1.807, 2.05) is 0 Å². The predicted molar refractivity (Wildman–Crippen MR) is 68.2 cm³/mol. The van der Waals surface area contributed by atoms with Gasteiger partial charge in [0.25, 0.3) is 0 Å². The summed E-state index contributed by atoms with van der Waals surface area (Å²) < 4.78 is 48.0. The van der Waals surface area contributed by atoms with Gasteiger partial charge in [0.05, 0.1) is 5.75 Å². The summed E-state index contributed by atoms with van der Waals surface area (Å²) in [5.74, 6) is -2.64. The van der Waals surface area contributed by atoms with E-state index in [0.29, 0.717) is 6.42 Å². The van der Waals surface area contributed by atoms with Gasteiger partial charge in [0, 0.05) is 12.5 Å². The number of halogens is 2. The Hall–Kier alpha value is -1.54. The average molecular weight is 304 g/mol. The number of hydrogen-bond donors (Lipinski definition) is 2. The topological polar surface area (TPSA) is 89.3 Å². The van der Waals surface area contributed by atoms with E-state index in [2.05, 4.69) is 5.32 Å². The zero-order valence-corrected chi connectivity index (χ0v) is 11.3. The van der Waals surface area contributed by atoms with Gasteiger partial charge in [-0.3, -0.25) is 4.79 Å². The first-order chi connectivity index (χ1) is 9.28. The third-order valence-electron chi connectivity index (χ3n) is 3.17. The molecule has 1 saturated carbocycles. The van der Waals surface area contributed by atoms with Crippen LogP contribution in [0.3, 0.4) is 0 Å². The number of carbonyl (C=O) groups is 1. The van der Waals surface area contributed by atoms with Crippen LogP contribution in [0.2, 0.25) is 0 Å². The molecule has 0 bridgehead atoms. The van der Waals surface area contributed by atoms with Crippen molar-refractivity contribution >= 4 is 15.9 Å².